The third kappa shape index (κ3) is 2.47. The first-order valence-corrected chi connectivity index (χ1v) is 6.89. The lowest BCUT2D eigenvalue weighted by Crippen LogP contribution is -2.14. The second kappa shape index (κ2) is 4.97. The Balaban J connectivity index is 1.61. The summed E-state index contributed by atoms with van der Waals surface area (Å²) < 4.78 is 0. The van der Waals surface area contributed by atoms with Crippen LogP contribution >= 0.6 is 0 Å². The Morgan fingerprint density at radius 2 is 2.17 bits per heavy atom. The van der Waals surface area contributed by atoms with Gasteiger partial charge in [0.05, 0.1) is 0 Å². The van der Waals surface area contributed by atoms with Crippen LogP contribution in [0.5, 0.6) is 0 Å². The Hall–Kier alpha value is -1.57. The van der Waals surface area contributed by atoms with Gasteiger partial charge in [0.25, 0.3) is 0 Å². The fraction of sp³-hybridized carbons (Fsp3) is 0.438. The van der Waals surface area contributed by atoms with Gasteiger partial charge in [-0.3, -0.25) is 4.79 Å². The van der Waals surface area contributed by atoms with Crippen molar-refractivity contribution in [2.45, 2.75) is 38.5 Å². The van der Waals surface area contributed by atoms with Gasteiger partial charge < -0.3 is 5.32 Å². The van der Waals surface area contributed by atoms with Crippen molar-refractivity contribution in [3.05, 3.63) is 41.5 Å². The molecule has 1 atom stereocenters. The third-order valence-corrected chi connectivity index (χ3v) is 3.94. The number of amides is 1. The molecule has 0 saturated carbocycles. The molecule has 0 fully saturated rings. The van der Waals surface area contributed by atoms with E-state index in [4.69, 9.17) is 0 Å². The van der Waals surface area contributed by atoms with E-state index < -0.39 is 0 Å². The molecule has 1 aromatic rings. The standard InChI is InChI=1S/C16H19NO/c18-16(10-12-4-1-2-5-12)17-15-9-8-13-6-3-7-14(13)11-15/h1,4,8-9,11-12H,2-3,5-7,10H2,(H,17,18)/t12-/m1/s1. The zero-order chi connectivity index (χ0) is 12.4. The molecule has 0 bridgehead atoms. The fourth-order valence-corrected chi connectivity index (χ4v) is 2.97. The van der Waals surface area contributed by atoms with Crippen LogP contribution in [0.2, 0.25) is 0 Å². The van der Waals surface area contributed by atoms with Gasteiger partial charge in [0.2, 0.25) is 5.91 Å². The molecule has 0 aliphatic heterocycles. The van der Waals surface area contributed by atoms with Crippen LogP contribution in [0.3, 0.4) is 0 Å². The summed E-state index contributed by atoms with van der Waals surface area (Å²) in [5.74, 6) is 0.587. The Kier molecular flexibility index (Phi) is 3.18. The second-order valence-corrected chi connectivity index (χ2v) is 5.35. The summed E-state index contributed by atoms with van der Waals surface area (Å²) in [5.41, 5.74) is 3.82. The Bertz CT molecular complexity index is 490. The number of rotatable bonds is 3. The van der Waals surface area contributed by atoms with E-state index in [9.17, 15) is 4.79 Å². The maximum atomic E-state index is 11.9. The van der Waals surface area contributed by atoms with Gasteiger partial charge in [-0.25, -0.2) is 0 Å². The maximum Gasteiger partial charge on any atom is 0.224 e. The summed E-state index contributed by atoms with van der Waals surface area (Å²) in [6, 6.07) is 6.34. The van der Waals surface area contributed by atoms with Gasteiger partial charge in [0, 0.05) is 12.1 Å². The number of aryl methyl sites for hydroxylation is 2. The number of allylic oxidation sites excluding steroid dienone is 2. The molecule has 0 saturated heterocycles. The molecule has 0 heterocycles. The first-order valence-electron chi connectivity index (χ1n) is 6.89. The van der Waals surface area contributed by atoms with Gasteiger partial charge in [-0.2, -0.15) is 0 Å². The number of nitrogens with one attached hydrogen (secondary N) is 1. The Labute approximate surface area is 108 Å². The highest BCUT2D eigenvalue weighted by molar-refractivity contribution is 5.91. The molecular weight excluding hydrogens is 222 g/mol. The molecule has 2 aliphatic carbocycles. The molecule has 2 heteroatoms. The van der Waals surface area contributed by atoms with Crippen molar-refractivity contribution in [3.63, 3.8) is 0 Å². The minimum atomic E-state index is 0.143. The van der Waals surface area contributed by atoms with Crippen molar-refractivity contribution in [2.24, 2.45) is 5.92 Å². The van der Waals surface area contributed by atoms with E-state index in [0.29, 0.717) is 12.3 Å². The van der Waals surface area contributed by atoms with Crippen LogP contribution in [0.1, 0.15) is 36.8 Å². The lowest BCUT2D eigenvalue weighted by molar-refractivity contribution is -0.116. The monoisotopic (exact) mass is 241 g/mol. The lowest BCUT2D eigenvalue weighted by Gasteiger charge is -2.10. The molecule has 1 amide bonds. The number of hydrogen-bond acceptors (Lipinski definition) is 1. The molecule has 1 N–H and O–H groups in total. The van der Waals surface area contributed by atoms with Crippen molar-refractivity contribution in [1.29, 1.82) is 0 Å². The van der Waals surface area contributed by atoms with Crippen molar-refractivity contribution in [1.82, 2.24) is 0 Å². The van der Waals surface area contributed by atoms with Gasteiger partial charge in [-0.1, -0.05) is 18.2 Å². The van der Waals surface area contributed by atoms with Crippen molar-refractivity contribution >= 4 is 11.6 Å². The zero-order valence-corrected chi connectivity index (χ0v) is 10.6. The van der Waals surface area contributed by atoms with E-state index in [1.165, 1.54) is 24.0 Å². The Morgan fingerprint density at radius 1 is 1.28 bits per heavy atom. The molecule has 2 aliphatic rings. The first kappa shape index (κ1) is 11.5. The van der Waals surface area contributed by atoms with Gasteiger partial charge >= 0.3 is 0 Å². The normalized spacial score (nSPS) is 21.0. The van der Waals surface area contributed by atoms with Crippen molar-refractivity contribution in [2.75, 3.05) is 5.32 Å². The summed E-state index contributed by atoms with van der Waals surface area (Å²) in [6.45, 7) is 0. The van der Waals surface area contributed by atoms with Crippen LogP contribution in [-0.2, 0) is 17.6 Å². The molecule has 94 valence electrons. The lowest BCUT2D eigenvalue weighted by atomic mass is 10.0. The van der Waals surface area contributed by atoms with Gasteiger partial charge in [0.1, 0.15) is 0 Å². The number of carbonyl (C=O) groups excluding carboxylic acids is 1. The average Bonchev–Trinajstić information content (AvgIpc) is 2.98. The summed E-state index contributed by atoms with van der Waals surface area (Å²) in [6.07, 6.45) is 10.8. The minimum absolute atomic E-state index is 0.143. The highest BCUT2D eigenvalue weighted by Gasteiger charge is 2.15. The van der Waals surface area contributed by atoms with Crippen molar-refractivity contribution < 1.29 is 4.79 Å². The molecule has 0 unspecified atom stereocenters. The number of fused-ring (bicyclic) bond motifs is 1. The first-order chi connectivity index (χ1) is 8.81. The SMILES string of the molecule is O=C(C[C@@H]1C=CCC1)Nc1ccc2c(c1)CCC2. The highest BCUT2D eigenvalue weighted by atomic mass is 16.1. The fourth-order valence-electron chi connectivity index (χ4n) is 2.97. The second-order valence-electron chi connectivity index (χ2n) is 5.35. The zero-order valence-electron chi connectivity index (χ0n) is 10.6. The molecule has 1 aromatic carbocycles. The van der Waals surface area contributed by atoms with Gasteiger partial charge in [-0.05, 0) is 61.3 Å². The van der Waals surface area contributed by atoms with E-state index in [1.54, 1.807) is 0 Å². The molecule has 0 radical (unpaired) electrons. The molecule has 0 aromatic heterocycles. The largest absolute Gasteiger partial charge is 0.326 e. The van der Waals surface area contributed by atoms with E-state index in [2.05, 4.69) is 29.6 Å². The quantitative estimate of drug-likeness (QED) is 0.807. The molecule has 2 nitrogen and oxygen atoms in total. The predicted molar refractivity (Wildman–Crippen MR) is 73.6 cm³/mol. The van der Waals surface area contributed by atoms with Crippen LogP contribution in [-0.4, -0.2) is 5.91 Å². The van der Waals surface area contributed by atoms with Crippen LogP contribution in [0.15, 0.2) is 30.4 Å². The molecule has 3 rings (SSSR count). The van der Waals surface area contributed by atoms with Crippen molar-refractivity contribution in [3.8, 4) is 0 Å². The summed E-state index contributed by atoms with van der Waals surface area (Å²) >= 11 is 0. The third-order valence-electron chi connectivity index (χ3n) is 3.94. The predicted octanol–water partition coefficient (Wildman–Crippen LogP) is 3.47. The van der Waals surface area contributed by atoms with Crippen LogP contribution in [0.25, 0.3) is 0 Å². The smallest absolute Gasteiger partial charge is 0.224 e. The molecule has 18 heavy (non-hydrogen) atoms. The maximum absolute atomic E-state index is 11.9. The van der Waals surface area contributed by atoms with Gasteiger partial charge in [0.15, 0.2) is 0 Å². The Morgan fingerprint density at radius 3 is 3.00 bits per heavy atom. The summed E-state index contributed by atoms with van der Waals surface area (Å²) in [5, 5.41) is 3.03. The highest BCUT2D eigenvalue weighted by Crippen LogP contribution is 2.25. The average molecular weight is 241 g/mol. The van der Waals surface area contributed by atoms with Gasteiger partial charge in [-0.15, -0.1) is 0 Å². The van der Waals surface area contributed by atoms with E-state index in [-0.39, 0.29) is 5.91 Å². The summed E-state index contributed by atoms with van der Waals surface area (Å²) in [7, 11) is 0. The van der Waals surface area contributed by atoms with Crippen LogP contribution in [0, 0.1) is 5.92 Å². The van der Waals surface area contributed by atoms with Crippen LogP contribution < -0.4 is 5.32 Å². The van der Waals surface area contributed by atoms with E-state index in [0.717, 1.165) is 24.9 Å². The van der Waals surface area contributed by atoms with E-state index in [1.807, 2.05) is 6.07 Å². The van der Waals surface area contributed by atoms with Crippen LogP contribution in [0.4, 0.5) is 5.69 Å². The molecular formula is C16H19NO. The molecule has 0 spiro atoms. The number of carbonyl (C=O) groups is 1. The topological polar surface area (TPSA) is 29.1 Å². The number of benzene rings is 1. The minimum Gasteiger partial charge on any atom is -0.326 e. The summed E-state index contributed by atoms with van der Waals surface area (Å²) in [4.78, 5) is 11.9. The van der Waals surface area contributed by atoms with E-state index >= 15 is 0 Å². The number of anilines is 1. The number of hydrogen-bond donors (Lipinski definition) is 1.